The molecule has 1 N–H and O–H groups in total. The van der Waals surface area contributed by atoms with Gasteiger partial charge < -0.3 is 14.6 Å². The second kappa shape index (κ2) is 4.86. The molecule has 2 aliphatic rings. The van der Waals surface area contributed by atoms with Gasteiger partial charge in [-0.25, -0.2) is 0 Å². The number of thioether (sulfide) groups is 1. The first kappa shape index (κ1) is 11.9. The van der Waals surface area contributed by atoms with Crippen molar-refractivity contribution >= 4 is 24.2 Å². The van der Waals surface area contributed by atoms with E-state index in [-0.39, 0.29) is 12.7 Å². The van der Waals surface area contributed by atoms with Gasteiger partial charge in [-0.1, -0.05) is 23.9 Å². The Hall–Kier alpha value is -1.13. The maximum absolute atomic E-state index is 12.6. The van der Waals surface area contributed by atoms with Crippen molar-refractivity contribution < 1.29 is 14.0 Å². The maximum Gasteiger partial charge on any atom is 0.243 e. The first-order valence-electron chi connectivity index (χ1n) is 5.63. The summed E-state index contributed by atoms with van der Waals surface area (Å²) in [6.07, 6.45) is 0.257. The first-order chi connectivity index (χ1) is 8.75. The third-order valence-electron chi connectivity index (χ3n) is 2.59. The molecule has 0 aromatic heterocycles. The van der Waals surface area contributed by atoms with Crippen molar-refractivity contribution in [1.82, 2.24) is 5.09 Å². The lowest BCUT2D eigenvalue weighted by Gasteiger charge is -2.16. The van der Waals surface area contributed by atoms with E-state index in [9.17, 15) is 4.57 Å². The Morgan fingerprint density at radius 1 is 1.22 bits per heavy atom. The molecule has 3 rings (SSSR count). The van der Waals surface area contributed by atoms with E-state index in [0.29, 0.717) is 11.5 Å². The Morgan fingerprint density at radius 2 is 1.89 bits per heavy atom. The lowest BCUT2D eigenvalue weighted by Crippen LogP contribution is -2.22. The summed E-state index contributed by atoms with van der Waals surface area (Å²) >= 11 is 1.58. The zero-order valence-corrected chi connectivity index (χ0v) is 11.4. The number of hydrogen-bond acceptors (Lipinski definition) is 5. The van der Waals surface area contributed by atoms with Crippen LogP contribution in [0.2, 0.25) is 0 Å². The number of rotatable bonds is 1. The summed E-state index contributed by atoms with van der Waals surface area (Å²) in [5, 5.41) is 3.72. The van der Waals surface area contributed by atoms with Crippen LogP contribution in [0.25, 0.3) is 0 Å². The molecule has 0 aliphatic carbocycles. The molecule has 0 spiro atoms. The predicted molar refractivity (Wildman–Crippen MR) is 72.9 cm³/mol. The molecule has 2 heterocycles. The Labute approximate surface area is 109 Å². The molecule has 0 saturated carbocycles. The monoisotopic (exact) mass is 284 g/mol. The van der Waals surface area contributed by atoms with Crippen LogP contribution in [0.4, 0.5) is 0 Å². The summed E-state index contributed by atoms with van der Waals surface area (Å²) in [6.45, 7) is 0.773. The Bertz CT molecular complexity index is 504. The van der Waals surface area contributed by atoms with Gasteiger partial charge >= 0.3 is 0 Å². The topological polar surface area (TPSA) is 59.9 Å². The van der Waals surface area contributed by atoms with Crippen molar-refractivity contribution in [2.24, 2.45) is 4.99 Å². The molecule has 18 heavy (non-hydrogen) atoms. The number of hydrogen-bond donors (Lipinski definition) is 1. The number of aliphatic imine (C=N–C) groups is 1. The predicted octanol–water partition coefficient (Wildman–Crippen LogP) is 2.34. The van der Waals surface area contributed by atoms with Gasteiger partial charge in [0.25, 0.3) is 0 Å². The minimum absolute atomic E-state index is 0.129. The molecular weight excluding hydrogens is 271 g/mol. The third-order valence-corrected chi connectivity index (χ3v) is 5.35. The molecule has 5 nitrogen and oxygen atoms in total. The Kier molecular flexibility index (Phi) is 3.22. The number of amidine groups is 1. The van der Waals surface area contributed by atoms with Gasteiger partial charge in [0.2, 0.25) is 7.29 Å². The van der Waals surface area contributed by atoms with E-state index in [1.165, 1.54) is 0 Å². The molecular formula is C11H13N2O3PS. The minimum Gasteiger partial charge on any atom is -0.480 e. The van der Waals surface area contributed by atoms with Crippen LogP contribution in [-0.2, 0) is 4.57 Å². The lowest BCUT2D eigenvalue weighted by atomic mass is 10.3. The van der Waals surface area contributed by atoms with Crippen LogP contribution in [0.1, 0.15) is 0 Å². The van der Waals surface area contributed by atoms with Crippen LogP contribution in [0.5, 0.6) is 11.5 Å². The van der Waals surface area contributed by atoms with Crippen molar-refractivity contribution in [3.63, 3.8) is 0 Å². The summed E-state index contributed by atoms with van der Waals surface area (Å²) < 4.78 is 23.7. The summed E-state index contributed by atoms with van der Waals surface area (Å²) in [5.41, 5.74) is 0. The van der Waals surface area contributed by atoms with E-state index >= 15 is 0 Å². The van der Waals surface area contributed by atoms with Gasteiger partial charge in [0, 0.05) is 5.75 Å². The minimum atomic E-state index is -2.73. The average molecular weight is 284 g/mol. The summed E-state index contributed by atoms with van der Waals surface area (Å²) in [4.78, 5) is 4.24. The molecule has 0 fully saturated rings. The quantitative estimate of drug-likeness (QED) is 0.802. The van der Waals surface area contributed by atoms with E-state index in [1.807, 2.05) is 24.3 Å². The van der Waals surface area contributed by atoms with Gasteiger partial charge in [-0.15, -0.1) is 0 Å². The van der Waals surface area contributed by atoms with E-state index in [0.717, 1.165) is 17.5 Å². The van der Waals surface area contributed by atoms with E-state index in [4.69, 9.17) is 9.47 Å². The van der Waals surface area contributed by atoms with E-state index in [2.05, 4.69) is 10.1 Å². The van der Waals surface area contributed by atoms with Gasteiger partial charge in [0.1, 0.15) is 0 Å². The SMILES string of the molecule is O=P1(NC2=NCCS2)COc2ccccc2OC1. The third kappa shape index (κ3) is 2.49. The fourth-order valence-corrected chi connectivity index (χ4v) is 4.35. The lowest BCUT2D eigenvalue weighted by molar-refractivity contribution is 0.355. The van der Waals surface area contributed by atoms with Crippen LogP contribution in [-0.4, -0.2) is 30.2 Å². The average Bonchev–Trinajstić information content (AvgIpc) is 2.81. The fourth-order valence-electron chi connectivity index (χ4n) is 1.72. The van der Waals surface area contributed by atoms with Crippen molar-refractivity contribution in [2.75, 3.05) is 25.0 Å². The van der Waals surface area contributed by atoms with Crippen LogP contribution >= 0.6 is 19.1 Å². The largest absolute Gasteiger partial charge is 0.480 e. The smallest absolute Gasteiger partial charge is 0.243 e. The van der Waals surface area contributed by atoms with Crippen LogP contribution < -0.4 is 14.6 Å². The van der Waals surface area contributed by atoms with Crippen molar-refractivity contribution in [3.05, 3.63) is 24.3 Å². The molecule has 7 heteroatoms. The molecule has 0 atom stereocenters. The molecule has 0 saturated heterocycles. The van der Waals surface area contributed by atoms with Crippen molar-refractivity contribution in [3.8, 4) is 11.5 Å². The molecule has 1 aromatic rings. The van der Waals surface area contributed by atoms with Crippen molar-refractivity contribution in [1.29, 1.82) is 0 Å². The van der Waals surface area contributed by atoms with Crippen LogP contribution in [0, 0.1) is 0 Å². The highest BCUT2D eigenvalue weighted by Gasteiger charge is 2.30. The number of para-hydroxylation sites is 2. The highest BCUT2D eigenvalue weighted by molar-refractivity contribution is 8.14. The van der Waals surface area contributed by atoms with Gasteiger partial charge in [0.05, 0.1) is 6.54 Å². The highest BCUT2D eigenvalue weighted by Crippen LogP contribution is 2.46. The van der Waals surface area contributed by atoms with E-state index < -0.39 is 7.29 Å². The van der Waals surface area contributed by atoms with Gasteiger partial charge in [-0.2, -0.15) is 0 Å². The van der Waals surface area contributed by atoms with Gasteiger partial charge in [-0.05, 0) is 12.1 Å². The maximum atomic E-state index is 12.6. The van der Waals surface area contributed by atoms with Gasteiger partial charge in [0.15, 0.2) is 29.4 Å². The first-order valence-corrected chi connectivity index (χ1v) is 8.70. The highest BCUT2D eigenvalue weighted by atomic mass is 32.2. The molecule has 0 radical (unpaired) electrons. The molecule has 96 valence electrons. The molecule has 0 unspecified atom stereocenters. The summed E-state index contributed by atoms with van der Waals surface area (Å²) in [7, 11) is -2.73. The number of benzene rings is 1. The molecule has 0 amide bonds. The fraction of sp³-hybridized carbons (Fsp3) is 0.364. The Balaban J connectivity index is 1.75. The molecule has 1 aromatic carbocycles. The van der Waals surface area contributed by atoms with Crippen LogP contribution in [0.15, 0.2) is 29.3 Å². The molecule has 0 bridgehead atoms. The second-order valence-electron chi connectivity index (χ2n) is 4.03. The molecule has 2 aliphatic heterocycles. The number of fused-ring (bicyclic) bond motifs is 1. The Morgan fingerprint density at radius 3 is 2.44 bits per heavy atom. The normalized spacial score (nSPS) is 21.0. The number of nitrogens with one attached hydrogen (secondary N) is 1. The zero-order valence-electron chi connectivity index (χ0n) is 9.67. The number of ether oxygens (including phenoxy) is 2. The summed E-state index contributed by atoms with van der Waals surface area (Å²) in [6, 6.07) is 7.35. The zero-order chi connectivity index (χ0) is 12.4. The van der Waals surface area contributed by atoms with E-state index in [1.54, 1.807) is 11.8 Å². The standard InChI is InChI=1S/C11H13N2O3PS/c14-17(13-11-12-5-6-18-11)7-15-9-3-1-2-4-10(9)16-8-17/h1-4H,5-8H2,(H,12,13,14). The number of nitrogens with zero attached hydrogens (tertiary/aromatic N) is 1. The van der Waals surface area contributed by atoms with Crippen molar-refractivity contribution in [2.45, 2.75) is 0 Å². The second-order valence-corrected chi connectivity index (χ2v) is 7.63. The van der Waals surface area contributed by atoms with Crippen LogP contribution in [0.3, 0.4) is 0 Å². The van der Waals surface area contributed by atoms with Gasteiger partial charge in [-0.3, -0.25) is 9.56 Å². The summed E-state index contributed by atoms with van der Waals surface area (Å²) in [5.74, 6) is 2.21.